The molecule has 0 amide bonds. The van der Waals surface area contributed by atoms with Crippen LogP contribution in [0.4, 0.5) is 5.82 Å². The smallest absolute Gasteiger partial charge is 0.221 e. The molecule has 1 aromatic heterocycles. The Labute approximate surface area is 91.1 Å². The summed E-state index contributed by atoms with van der Waals surface area (Å²) >= 11 is 0. The molecule has 0 bridgehead atoms. The van der Waals surface area contributed by atoms with E-state index >= 15 is 0 Å². The van der Waals surface area contributed by atoms with Gasteiger partial charge in [-0.1, -0.05) is 13.8 Å². The maximum Gasteiger partial charge on any atom is 0.221 e. The predicted octanol–water partition coefficient (Wildman–Crippen LogP) is 2.35. The maximum atomic E-state index is 5.48. The van der Waals surface area contributed by atoms with Crippen LogP contribution in [0.5, 0.6) is 5.88 Å². The highest BCUT2D eigenvalue weighted by molar-refractivity contribution is 5.48. The molecule has 0 spiro atoms. The molecule has 4 heteroatoms. The number of rotatable bonds is 4. The molecule has 4 nitrogen and oxygen atoms in total. The van der Waals surface area contributed by atoms with Crippen molar-refractivity contribution in [2.45, 2.75) is 33.6 Å². The van der Waals surface area contributed by atoms with Gasteiger partial charge < -0.3 is 10.1 Å². The van der Waals surface area contributed by atoms with Crippen LogP contribution >= 0.6 is 0 Å². The second-order valence-corrected chi connectivity index (χ2v) is 3.70. The quantitative estimate of drug-likeness (QED) is 0.826. The molecule has 15 heavy (non-hydrogen) atoms. The Hall–Kier alpha value is -1.32. The summed E-state index contributed by atoms with van der Waals surface area (Å²) in [6.45, 7) is 8.68. The first-order valence-electron chi connectivity index (χ1n) is 5.29. The normalized spacial score (nSPS) is 10.5. The Morgan fingerprint density at radius 1 is 1.33 bits per heavy atom. The number of nitrogens with one attached hydrogen (secondary N) is 1. The van der Waals surface area contributed by atoms with Gasteiger partial charge in [-0.3, -0.25) is 0 Å². The number of anilines is 1. The van der Waals surface area contributed by atoms with E-state index < -0.39 is 0 Å². The SMILES string of the molecule is CCOc1nc(C(C)C)nc(NC)c1C. The Morgan fingerprint density at radius 2 is 2.00 bits per heavy atom. The summed E-state index contributed by atoms with van der Waals surface area (Å²) < 4.78 is 5.48. The fourth-order valence-corrected chi connectivity index (χ4v) is 1.29. The Kier molecular flexibility index (Phi) is 3.88. The van der Waals surface area contributed by atoms with Gasteiger partial charge in [-0.25, -0.2) is 4.98 Å². The van der Waals surface area contributed by atoms with E-state index in [9.17, 15) is 0 Å². The van der Waals surface area contributed by atoms with Crippen molar-refractivity contribution in [3.05, 3.63) is 11.4 Å². The van der Waals surface area contributed by atoms with Crippen molar-refractivity contribution < 1.29 is 4.74 Å². The van der Waals surface area contributed by atoms with E-state index in [1.165, 1.54) is 0 Å². The van der Waals surface area contributed by atoms with Crippen molar-refractivity contribution in [1.82, 2.24) is 9.97 Å². The van der Waals surface area contributed by atoms with E-state index in [0.717, 1.165) is 17.2 Å². The fraction of sp³-hybridized carbons (Fsp3) is 0.636. The van der Waals surface area contributed by atoms with Gasteiger partial charge in [-0.2, -0.15) is 4.98 Å². The summed E-state index contributed by atoms with van der Waals surface area (Å²) in [7, 11) is 1.86. The van der Waals surface area contributed by atoms with Gasteiger partial charge in [0, 0.05) is 13.0 Å². The van der Waals surface area contributed by atoms with Crippen molar-refractivity contribution in [1.29, 1.82) is 0 Å². The molecule has 0 aliphatic heterocycles. The second-order valence-electron chi connectivity index (χ2n) is 3.70. The maximum absolute atomic E-state index is 5.48. The molecule has 0 saturated carbocycles. The number of hydrogen-bond donors (Lipinski definition) is 1. The van der Waals surface area contributed by atoms with Crippen LogP contribution in [0, 0.1) is 6.92 Å². The second kappa shape index (κ2) is 4.96. The highest BCUT2D eigenvalue weighted by Gasteiger charge is 2.12. The summed E-state index contributed by atoms with van der Waals surface area (Å²) in [6, 6.07) is 0. The zero-order chi connectivity index (χ0) is 11.4. The lowest BCUT2D eigenvalue weighted by Crippen LogP contribution is -2.08. The van der Waals surface area contributed by atoms with Gasteiger partial charge in [-0.15, -0.1) is 0 Å². The largest absolute Gasteiger partial charge is 0.478 e. The van der Waals surface area contributed by atoms with Crippen LogP contribution in [0.2, 0.25) is 0 Å². The van der Waals surface area contributed by atoms with Gasteiger partial charge in [0.05, 0.1) is 12.2 Å². The lowest BCUT2D eigenvalue weighted by Gasteiger charge is -2.13. The number of ether oxygens (including phenoxy) is 1. The fourth-order valence-electron chi connectivity index (χ4n) is 1.29. The molecule has 84 valence electrons. The minimum atomic E-state index is 0.303. The van der Waals surface area contributed by atoms with Gasteiger partial charge >= 0.3 is 0 Å². The van der Waals surface area contributed by atoms with Crippen LogP contribution in [0.1, 0.15) is 38.1 Å². The zero-order valence-corrected chi connectivity index (χ0v) is 10.1. The van der Waals surface area contributed by atoms with Crippen LogP contribution in [0.25, 0.3) is 0 Å². The first-order chi connectivity index (χ1) is 7.10. The van der Waals surface area contributed by atoms with Gasteiger partial charge in [0.2, 0.25) is 5.88 Å². The first kappa shape index (κ1) is 11.8. The van der Waals surface area contributed by atoms with Gasteiger partial charge in [-0.05, 0) is 13.8 Å². The van der Waals surface area contributed by atoms with Crippen molar-refractivity contribution in [2.24, 2.45) is 0 Å². The average molecular weight is 209 g/mol. The van der Waals surface area contributed by atoms with E-state index in [0.29, 0.717) is 18.4 Å². The molecule has 1 N–H and O–H groups in total. The van der Waals surface area contributed by atoms with Gasteiger partial charge in [0.1, 0.15) is 11.6 Å². The molecular weight excluding hydrogens is 190 g/mol. The topological polar surface area (TPSA) is 47.0 Å². The third-order valence-corrected chi connectivity index (χ3v) is 2.15. The molecule has 1 rings (SSSR count). The van der Waals surface area contributed by atoms with Crippen LogP contribution in [0.15, 0.2) is 0 Å². The average Bonchev–Trinajstić information content (AvgIpc) is 2.21. The van der Waals surface area contributed by atoms with Gasteiger partial charge in [0.25, 0.3) is 0 Å². The van der Waals surface area contributed by atoms with Crippen LogP contribution in [-0.2, 0) is 0 Å². The minimum Gasteiger partial charge on any atom is -0.478 e. The monoisotopic (exact) mass is 209 g/mol. The van der Waals surface area contributed by atoms with Crippen molar-refractivity contribution in [3.63, 3.8) is 0 Å². The van der Waals surface area contributed by atoms with Gasteiger partial charge in [0.15, 0.2) is 0 Å². The predicted molar refractivity (Wildman–Crippen MR) is 61.6 cm³/mol. The highest BCUT2D eigenvalue weighted by Crippen LogP contribution is 2.24. The molecule has 1 aromatic rings. The molecule has 0 atom stereocenters. The van der Waals surface area contributed by atoms with Crippen LogP contribution < -0.4 is 10.1 Å². The molecule has 0 unspecified atom stereocenters. The lowest BCUT2D eigenvalue weighted by molar-refractivity contribution is 0.322. The molecule has 0 aromatic carbocycles. The molecule has 0 aliphatic rings. The van der Waals surface area contributed by atoms with Crippen LogP contribution in [-0.4, -0.2) is 23.6 Å². The molecule has 0 aliphatic carbocycles. The first-order valence-corrected chi connectivity index (χ1v) is 5.29. The van der Waals surface area contributed by atoms with E-state index in [1.54, 1.807) is 0 Å². The lowest BCUT2D eigenvalue weighted by atomic mass is 10.2. The Balaban J connectivity index is 3.19. The number of nitrogens with zero attached hydrogens (tertiary/aromatic N) is 2. The summed E-state index contributed by atoms with van der Waals surface area (Å²) in [5.41, 5.74) is 0.962. The zero-order valence-electron chi connectivity index (χ0n) is 10.1. The third-order valence-electron chi connectivity index (χ3n) is 2.15. The molecule has 1 heterocycles. The van der Waals surface area contributed by atoms with E-state index in [2.05, 4.69) is 29.1 Å². The van der Waals surface area contributed by atoms with Crippen LogP contribution in [0.3, 0.4) is 0 Å². The Morgan fingerprint density at radius 3 is 2.47 bits per heavy atom. The van der Waals surface area contributed by atoms with E-state index in [4.69, 9.17) is 4.74 Å². The minimum absolute atomic E-state index is 0.303. The number of hydrogen-bond acceptors (Lipinski definition) is 4. The standard InChI is InChI=1S/C11H19N3O/c1-6-15-11-8(4)10(12-5)13-9(14-11)7(2)3/h7H,6H2,1-5H3,(H,12,13,14). The van der Waals surface area contributed by atoms with Crippen molar-refractivity contribution in [2.75, 3.05) is 19.0 Å². The third kappa shape index (κ3) is 2.58. The van der Waals surface area contributed by atoms with Crippen molar-refractivity contribution in [3.8, 4) is 5.88 Å². The number of aromatic nitrogens is 2. The molecular formula is C11H19N3O. The highest BCUT2D eigenvalue weighted by atomic mass is 16.5. The molecule has 0 saturated heterocycles. The summed E-state index contributed by atoms with van der Waals surface area (Å²) in [5, 5.41) is 3.06. The molecule has 0 fully saturated rings. The summed E-state index contributed by atoms with van der Waals surface area (Å²) in [5.74, 6) is 2.64. The van der Waals surface area contributed by atoms with Crippen molar-refractivity contribution >= 4 is 5.82 Å². The summed E-state index contributed by atoms with van der Waals surface area (Å²) in [4.78, 5) is 8.83. The van der Waals surface area contributed by atoms with E-state index in [-0.39, 0.29) is 0 Å². The summed E-state index contributed by atoms with van der Waals surface area (Å²) in [6.07, 6.45) is 0. The molecule has 0 radical (unpaired) electrons. The Bertz CT molecular complexity index is 337. The van der Waals surface area contributed by atoms with E-state index in [1.807, 2.05) is 20.9 Å².